The van der Waals surface area contributed by atoms with Crippen LogP contribution in [-0.4, -0.2) is 31.3 Å². The van der Waals surface area contributed by atoms with Crippen LogP contribution in [0.2, 0.25) is 0 Å². The molecule has 5 nitrogen and oxygen atoms in total. The first-order valence-electron chi connectivity index (χ1n) is 9.03. The molecule has 8 heteroatoms. The Labute approximate surface area is 172 Å². The first kappa shape index (κ1) is 19.4. The second-order valence-corrected chi connectivity index (χ2v) is 11.0. The largest absolute Gasteiger partial charge is 0.326 e. The monoisotopic (exact) mass is 432 g/mol. The van der Waals surface area contributed by atoms with E-state index in [9.17, 15) is 13.2 Å². The number of carbonyl (C=O) groups is 1. The van der Waals surface area contributed by atoms with E-state index in [4.69, 9.17) is 0 Å². The average molecular weight is 433 g/mol. The number of nitrogens with zero attached hydrogens (tertiary/aromatic N) is 1. The molecule has 0 atom stereocenters. The van der Waals surface area contributed by atoms with Gasteiger partial charge in [0.1, 0.15) is 0 Å². The third-order valence-electron chi connectivity index (χ3n) is 4.85. The lowest BCUT2D eigenvalue weighted by Gasteiger charge is -2.08. The molecule has 3 aromatic rings. The van der Waals surface area contributed by atoms with E-state index < -0.39 is 9.84 Å². The Morgan fingerprint density at radius 3 is 2.82 bits per heavy atom. The van der Waals surface area contributed by atoms with Crippen LogP contribution >= 0.6 is 23.1 Å². The number of fused-ring (bicyclic) bond motifs is 2. The highest BCUT2D eigenvalue weighted by Crippen LogP contribution is 2.30. The summed E-state index contributed by atoms with van der Waals surface area (Å²) in [7, 11) is -3.48. The summed E-state index contributed by atoms with van der Waals surface area (Å²) in [4.78, 5) is 17.1. The maximum atomic E-state index is 12.6. The molecule has 1 N–H and O–H groups in total. The van der Waals surface area contributed by atoms with Crippen molar-refractivity contribution in [3.05, 3.63) is 47.5 Å². The van der Waals surface area contributed by atoms with Gasteiger partial charge in [-0.2, -0.15) is 0 Å². The second-order valence-electron chi connectivity index (χ2n) is 6.77. The molecule has 1 heterocycles. The number of carbonyl (C=O) groups excluding carboxylic acids is 1. The number of thiazole rings is 1. The van der Waals surface area contributed by atoms with Gasteiger partial charge in [-0.1, -0.05) is 17.8 Å². The molecule has 1 aliphatic rings. The van der Waals surface area contributed by atoms with Crippen molar-refractivity contribution in [2.45, 2.75) is 34.9 Å². The van der Waals surface area contributed by atoms with Gasteiger partial charge in [0.2, 0.25) is 5.91 Å². The Hall–Kier alpha value is -1.90. The van der Waals surface area contributed by atoms with Gasteiger partial charge < -0.3 is 5.32 Å². The van der Waals surface area contributed by atoms with Crippen LogP contribution in [0.1, 0.15) is 24.0 Å². The Morgan fingerprint density at radius 2 is 2.00 bits per heavy atom. The highest BCUT2D eigenvalue weighted by Gasteiger charge is 2.20. The van der Waals surface area contributed by atoms with E-state index in [1.165, 1.54) is 5.56 Å². The first-order valence-corrected chi connectivity index (χ1v) is 12.7. The molecule has 0 aliphatic heterocycles. The summed E-state index contributed by atoms with van der Waals surface area (Å²) < 4.78 is 27.2. The number of aromatic nitrogens is 1. The summed E-state index contributed by atoms with van der Waals surface area (Å²) in [5.74, 6) is -0.504. The number of aryl methyl sites for hydroxylation is 2. The van der Waals surface area contributed by atoms with Crippen LogP contribution in [-0.2, 0) is 27.5 Å². The van der Waals surface area contributed by atoms with E-state index in [-0.39, 0.29) is 18.1 Å². The van der Waals surface area contributed by atoms with Gasteiger partial charge in [-0.25, -0.2) is 13.4 Å². The number of thioether (sulfide) groups is 1. The smallest absolute Gasteiger partial charge is 0.225 e. The molecule has 28 heavy (non-hydrogen) atoms. The molecule has 0 radical (unpaired) electrons. The fourth-order valence-corrected chi connectivity index (χ4v) is 6.19. The quantitative estimate of drug-likeness (QED) is 0.588. The number of amides is 1. The SMILES string of the molecule is CSc1nc2ccc(NC(=O)CCS(=O)(=O)c3ccc4c(c3)CCC4)cc2s1. The molecule has 0 spiro atoms. The number of hydrogen-bond donors (Lipinski definition) is 1. The van der Waals surface area contributed by atoms with Crippen LogP contribution in [0.5, 0.6) is 0 Å². The van der Waals surface area contributed by atoms with Crippen molar-refractivity contribution in [2.75, 3.05) is 17.3 Å². The van der Waals surface area contributed by atoms with E-state index in [2.05, 4.69) is 10.3 Å². The molecular weight excluding hydrogens is 412 g/mol. The topological polar surface area (TPSA) is 76.1 Å². The molecule has 1 amide bonds. The van der Waals surface area contributed by atoms with E-state index >= 15 is 0 Å². The highest BCUT2D eigenvalue weighted by molar-refractivity contribution is 8.00. The lowest BCUT2D eigenvalue weighted by Crippen LogP contribution is -2.17. The van der Waals surface area contributed by atoms with Crippen molar-refractivity contribution in [3.63, 3.8) is 0 Å². The van der Waals surface area contributed by atoms with Gasteiger partial charge in [-0.05, 0) is 67.0 Å². The summed E-state index contributed by atoms with van der Waals surface area (Å²) in [6, 6.07) is 10.9. The van der Waals surface area contributed by atoms with E-state index in [1.54, 1.807) is 41.3 Å². The minimum Gasteiger partial charge on any atom is -0.326 e. The summed E-state index contributed by atoms with van der Waals surface area (Å²) in [5, 5.41) is 2.80. The molecule has 0 unspecified atom stereocenters. The van der Waals surface area contributed by atoms with Crippen LogP contribution < -0.4 is 5.32 Å². The molecule has 0 saturated carbocycles. The normalized spacial score (nSPS) is 13.6. The lowest BCUT2D eigenvalue weighted by atomic mass is 10.1. The van der Waals surface area contributed by atoms with Gasteiger partial charge in [0.15, 0.2) is 14.2 Å². The van der Waals surface area contributed by atoms with Crippen molar-refractivity contribution < 1.29 is 13.2 Å². The van der Waals surface area contributed by atoms with Gasteiger partial charge in [0.25, 0.3) is 0 Å². The predicted octanol–water partition coefficient (Wildman–Crippen LogP) is 4.31. The number of anilines is 1. The Morgan fingerprint density at radius 1 is 1.18 bits per heavy atom. The van der Waals surface area contributed by atoms with Gasteiger partial charge in [-0.15, -0.1) is 11.3 Å². The van der Waals surface area contributed by atoms with Gasteiger partial charge in [0.05, 0.1) is 20.9 Å². The Kier molecular flexibility index (Phi) is 5.44. The van der Waals surface area contributed by atoms with Crippen LogP contribution in [0.15, 0.2) is 45.6 Å². The second kappa shape index (κ2) is 7.85. The van der Waals surface area contributed by atoms with E-state index in [1.807, 2.05) is 24.5 Å². The molecule has 1 aliphatic carbocycles. The van der Waals surface area contributed by atoms with Crippen LogP contribution in [0, 0.1) is 0 Å². The molecule has 2 aromatic carbocycles. The fraction of sp³-hybridized carbons (Fsp3) is 0.300. The number of hydrogen-bond acceptors (Lipinski definition) is 6. The number of nitrogens with one attached hydrogen (secondary N) is 1. The van der Waals surface area contributed by atoms with Crippen molar-refractivity contribution in [1.82, 2.24) is 4.98 Å². The van der Waals surface area contributed by atoms with Crippen LogP contribution in [0.4, 0.5) is 5.69 Å². The lowest BCUT2D eigenvalue weighted by molar-refractivity contribution is -0.115. The van der Waals surface area contributed by atoms with E-state index in [0.717, 1.165) is 39.4 Å². The number of benzene rings is 2. The molecule has 0 saturated heterocycles. The van der Waals surface area contributed by atoms with Crippen LogP contribution in [0.25, 0.3) is 10.2 Å². The average Bonchev–Trinajstić information content (AvgIpc) is 3.31. The van der Waals surface area contributed by atoms with Gasteiger partial charge in [-0.3, -0.25) is 4.79 Å². The van der Waals surface area contributed by atoms with Crippen molar-refractivity contribution in [2.24, 2.45) is 0 Å². The number of sulfone groups is 1. The fourth-order valence-electron chi connectivity index (χ4n) is 3.38. The Bertz CT molecular complexity index is 1150. The summed E-state index contributed by atoms with van der Waals surface area (Å²) >= 11 is 3.15. The summed E-state index contributed by atoms with van der Waals surface area (Å²) in [6.07, 6.45) is 4.92. The third kappa shape index (κ3) is 4.09. The maximum Gasteiger partial charge on any atom is 0.225 e. The van der Waals surface area contributed by atoms with Gasteiger partial charge in [0, 0.05) is 12.1 Å². The molecule has 4 rings (SSSR count). The van der Waals surface area contributed by atoms with E-state index in [0.29, 0.717) is 10.6 Å². The molecule has 1 aromatic heterocycles. The van der Waals surface area contributed by atoms with Gasteiger partial charge >= 0.3 is 0 Å². The molecular formula is C20H20N2O3S3. The van der Waals surface area contributed by atoms with Crippen molar-refractivity contribution in [3.8, 4) is 0 Å². The minimum absolute atomic E-state index is 0.0732. The predicted molar refractivity (Wildman–Crippen MR) is 115 cm³/mol. The standard InChI is InChI=1S/C20H20N2O3S3/c1-26-20-22-17-8-6-15(12-18(17)27-20)21-19(23)9-10-28(24,25)16-7-5-13-3-2-4-14(13)11-16/h5-8,11-12H,2-4,9-10H2,1H3,(H,21,23). The first-order chi connectivity index (χ1) is 13.4. The number of rotatable bonds is 6. The Balaban J connectivity index is 1.41. The summed E-state index contributed by atoms with van der Waals surface area (Å²) in [5.41, 5.74) is 3.91. The third-order valence-corrected chi connectivity index (χ3v) is 8.57. The minimum atomic E-state index is -3.48. The molecule has 0 bridgehead atoms. The zero-order valence-electron chi connectivity index (χ0n) is 15.4. The maximum absolute atomic E-state index is 12.6. The summed E-state index contributed by atoms with van der Waals surface area (Å²) in [6.45, 7) is 0. The van der Waals surface area contributed by atoms with Crippen LogP contribution in [0.3, 0.4) is 0 Å². The van der Waals surface area contributed by atoms with Crippen molar-refractivity contribution >= 4 is 54.7 Å². The zero-order valence-corrected chi connectivity index (χ0v) is 17.8. The molecule has 146 valence electrons. The zero-order chi connectivity index (χ0) is 19.7. The molecule has 0 fully saturated rings. The van der Waals surface area contributed by atoms with Crippen molar-refractivity contribution in [1.29, 1.82) is 0 Å². The highest BCUT2D eigenvalue weighted by atomic mass is 32.2.